The monoisotopic (exact) mass is 355 g/mol. The molecule has 0 saturated carbocycles. The van der Waals surface area contributed by atoms with Crippen molar-refractivity contribution >= 4 is 23.2 Å². The van der Waals surface area contributed by atoms with Gasteiger partial charge in [0.1, 0.15) is 5.69 Å². The first-order valence-electron chi connectivity index (χ1n) is 7.36. The third-order valence-electron chi connectivity index (χ3n) is 3.21. The van der Waals surface area contributed by atoms with E-state index in [0.29, 0.717) is 18.0 Å². The SMILES string of the molecule is CCCn1nc(C(=O)N(CC(F)F)c2cccc(Cl)c2)ccc1=O. The molecule has 5 nitrogen and oxygen atoms in total. The van der Waals surface area contributed by atoms with Crippen molar-refractivity contribution in [1.29, 1.82) is 0 Å². The van der Waals surface area contributed by atoms with Gasteiger partial charge in [-0.2, -0.15) is 5.10 Å². The Hall–Kier alpha value is -2.28. The Labute approximate surface area is 142 Å². The number of aromatic nitrogens is 2. The van der Waals surface area contributed by atoms with Crippen LogP contribution < -0.4 is 10.5 Å². The second-order valence-electron chi connectivity index (χ2n) is 5.07. The Balaban J connectivity index is 2.41. The van der Waals surface area contributed by atoms with Crippen LogP contribution in [0.3, 0.4) is 0 Å². The van der Waals surface area contributed by atoms with E-state index in [4.69, 9.17) is 11.6 Å². The number of carbonyl (C=O) groups is 1. The minimum atomic E-state index is -2.73. The molecular weight excluding hydrogens is 340 g/mol. The summed E-state index contributed by atoms with van der Waals surface area (Å²) in [5, 5.41) is 4.30. The third-order valence-corrected chi connectivity index (χ3v) is 3.44. The fraction of sp³-hybridized carbons (Fsp3) is 0.312. The zero-order chi connectivity index (χ0) is 17.7. The van der Waals surface area contributed by atoms with Gasteiger partial charge in [-0.25, -0.2) is 13.5 Å². The minimum Gasteiger partial charge on any atom is -0.301 e. The van der Waals surface area contributed by atoms with Gasteiger partial charge >= 0.3 is 0 Å². The number of rotatable bonds is 6. The molecule has 0 N–H and O–H groups in total. The molecule has 0 aliphatic heterocycles. The predicted molar refractivity (Wildman–Crippen MR) is 87.9 cm³/mol. The first-order valence-corrected chi connectivity index (χ1v) is 7.74. The average Bonchev–Trinajstić information content (AvgIpc) is 2.54. The molecule has 2 rings (SSSR count). The molecule has 1 aromatic heterocycles. The molecule has 1 heterocycles. The minimum absolute atomic E-state index is 0.0799. The topological polar surface area (TPSA) is 55.2 Å². The summed E-state index contributed by atoms with van der Waals surface area (Å²) in [4.78, 5) is 25.2. The van der Waals surface area contributed by atoms with Gasteiger partial charge in [0, 0.05) is 23.3 Å². The number of aryl methyl sites for hydroxylation is 1. The number of anilines is 1. The van der Waals surface area contributed by atoms with Crippen LogP contribution >= 0.6 is 11.6 Å². The maximum atomic E-state index is 12.9. The molecule has 0 bridgehead atoms. The largest absolute Gasteiger partial charge is 0.301 e. The number of benzene rings is 1. The van der Waals surface area contributed by atoms with E-state index in [1.807, 2.05) is 6.92 Å². The van der Waals surface area contributed by atoms with Crippen molar-refractivity contribution in [2.75, 3.05) is 11.4 Å². The predicted octanol–water partition coefficient (Wildman–Crippen LogP) is 3.22. The molecule has 128 valence electrons. The summed E-state index contributed by atoms with van der Waals surface area (Å²) in [5.74, 6) is -0.720. The van der Waals surface area contributed by atoms with Crippen LogP contribution in [0.2, 0.25) is 5.02 Å². The zero-order valence-electron chi connectivity index (χ0n) is 13.0. The van der Waals surface area contributed by atoms with Crippen LogP contribution in [0.15, 0.2) is 41.2 Å². The molecule has 1 aromatic carbocycles. The molecule has 0 aliphatic rings. The van der Waals surface area contributed by atoms with Gasteiger partial charge in [-0.3, -0.25) is 9.59 Å². The van der Waals surface area contributed by atoms with E-state index in [-0.39, 0.29) is 16.9 Å². The van der Waals surface area contributed by atoms with E-state index < -0.39 is 18.9 Å². The van der Waals surface area contributed by atoms with Crippen LogP contribution in [-0.2, 0) is 6.54 Å². The Morgan fingerprint density at radius 3 is 2.71 bits per heavy atom. The van der Waals surface area contributed by atoms with Crippen LogP contribution in [0.5, 0.6) is 0 Å². The average molecular weight is 356 g/mol. The summed E-state index contributed by atoms with van der Waals surface area (Å²) in [5.41, 5.74) is -0.192. The van der Waals surface area contributed by atoms with Crippen LogP contribution in [0.25, 0.3) is 0 Å². The molecule has 1 amide bonds. The molecule has 0 spiro atoms. The number of nitrogens with zero attached hydrogens (tertiary/aromatic N) is 3. The smallest absolute Gasteiger partial charge is 0.278 e. The van der Waals surface area contributed by atoms with Gasteiger partial charge in [-0.15, -0.1) is 0 Å². The van der Waals surface area contributed by atoms with Crippen LogP contribution in [0.1, 0.15) is 23.8 Å². The molecule has 2 aromatic rings. The van der Waals surface area contributed by atoms with Crippen molar-refractivity contribution in [2.24, 2.45) is 0 Å². The van der Waals surface area contributed by atoms with E-state index in [2.05, 4.69) is 5.10 Å². The van der Waals surface area contributed by atoms with E-state index in [0.717, 1.165) is 9.58 Å². The number of alkyl halides is 2. The van der Waals surface area contributed by atoms with Crippen molar-refractivity contribution < 1.29 is 13.6 Å². The van der Waals surface area contributed by atoms with E-state index in [1.54, 1.807) is 12.1 Å². The lowest BCUT2D eigenvalue weighted by Gasteiger charge is -2.22. The van der Waals surface area contributed by atoms with Crippen molar-refractivity contribution in [2.45, 2.75) is 26.3 Å². The first-order chi connectivity index (χ1) is 11.4. The highest BCUT2D eigenvalue weighted by Gasteiger charge is 2.23. The highest BCUT2D eigenvalue weighted by molar-refractivity contribution is 6.31. The Kier molecular flexibility index (Phi) is 6.03. The zero-order valence-corrected chi connectivity index (χ0v) is 13.7. The van der Waals surface area contributed by atoms with Crippen LogP contribution in [0, 0.1) is 0 Å². The van der Waals surface area contributed by atoms with E-state index in [9.17, 15) is 18.4 Å². The normalized spacial score (nSPS) is 10.9. The quantitative estimate of drug-likeness (QED) is 0.799. The second kappa shape index (κ2) is 8.01. The first kappa shape index (κ1) is 18.1. The Morgan fingerprint density at radius 1 is 1.33 bits per heavy atom. The lowest BCUT2D eigenvalue weighted by atomic mass is 10.2. The van der Waals surface area contributed by atoms with Gasteiger partial charge in [0.05, 0.1) is 6.54 Å². The molecular formula is C16H16ClF2N3O2. The van der Waals surface area contributed by atoms with Crippen LogP contribution in [-0.4, -0.2) is 28.7 Å². The number of amides is 1. The molecule has 0 aliphatic carbocycles. The van der Waals surface area contributed by atoms with Crippen molar-refractivity contribution in [3.63, 3.8) is 0 Å². The molecule has 8 heteroatoms. The molecule has 0 atom stereocenters. The van der Waals surface area contributed by atoms with Gasteiger partial charge in [-0.05, 0) is 30.7 Å². The number of hydrogen-bond donors (Lipinski definition) is 0. The lowest BCUT2D eigenvalue weighted by Crippen LogP contribution is -2.37. The Bertz CT molecular complexity index is 780. The third kappa shape index (κ3) is 4.38. The standard InChI is InChI=1S/C16H16ClF2N3O2/c1-2-8-22-15(23)7-6-13(20-22)16(24)21(10-14(18)19)12-5-3-4-11(17)9-12/h3-7,9,14H,2,8,10H2,1H3. The summed E-state index contributed by atoms with van der Waals surface area (Å²) in [7, 11) is 0. The maximum Gasteiger partial charge on any atom is 0.278 e. The molecule has 24 heavy (non-hydrogen) atoms. The van der Waals surface area contributed by atoms with Crippen molar-refractivity contribution in [1.82, 2.24) is 9.78 Å². The summed E-state index contributed by atoms with van der Waals surface area (Å²) in [6.07, 6.45) is -2.07. The van der Waals surface area contributed by atoms with Crippen LogP contribution in [0.4, 0.5) is 14.5 Å². The highest BCUT2D eigenvalue weighted by atomic mass is 35.5. The fourth-order valence-electron chi connectivity index (χ4n) is 2.16. The second-order valence-corrected chi connectivity index (χ2v) is 5.50. The van der Waals surface area contributed by atoms with Gasteiger partial charge < -0.3 is 4.90 Å². The Morgan fingerprint density at radius 2 is 2.08 bits per heavy atom. The number of carbonyl (C=O) groups excluding carboxylic acids is 1. The highest BCUT2D eigenvalue weighted by Crippen LogP contribution is 2.22. The van der Waals surface area contributed by atoms with Gasteiger partial charge in [0.15, 0.2) is 0 Å². The van der Waals surface area contributed by atoms with Crippen molar-refractivity contribution in [3.05, 3.63) is 57.5 Å². The molecule has 0 unspecified atom stereocenters. The van der Waals surface area contributed by atoms with Gasteiger partial charge in [0.25, 0.3) is 17.9 Å². The molecule has 0 fully saturated rings. The lowest BCUT2D eigenvalue weighted by molar-refractivity contribution is 0.0938. The molecule has 0 saturated heterocycles. The van der Waals surface area contributed by atoms with Gasteiger partial charge in [-0.1, -0.05) is 24.6 Å². The molecule has 0 radical (unpaired) electrons. The summed E-state index contributed by atoms with van der Waals surface area (Å²) in [6, 6.07) is 8.51. The van der Waals surface area contributed by atoms with E-state index in [1.165, 1.54) is 24.3 Å². The summed E-state index contributed by atoms with van der Waals surface area (Å²) in [6.45, 7) is 1.40. The van der Waals surface area contributed by atoms with E-state index >= 15 is 0 Å². The maximum absolute atomic E-state index is 12.9. The van der Waals surface area contributed by atoms with Crippen molar-refractivity contribution in [3.8, 4) is 0 Å². The summed E-state index contributed by atoms with van der Waals surface area (Å²) < 4.78 is 27.0. The number of halogens is 3. The number of hydrogen-bond acceptors (Lipinski definition) is 3. The summed E-state index contributed by atoms with van der Waals surface area (Å²) >= 11 is 5.88. The van der Waals surface area contributed by atoms with Gasteiger partial charge in [0.2, 0.25) is 0 Å². The fourth-order valence-corrected chi connectivity index (χ4v) is 2.35.